The molecule has 0 unspecified atom stereocenters. The fourth-order valence-electron chi connectivity index (χ4n) is 0.889. The summed E-state index contributed by atoms with van der Waals surface area (Å²) < 4.78 is 0. The highest BCUT2D eigenvalue weighted by atomic mass is 15.2. The number of hydrogen-bond acceptors (Lipinski definition) is 4. The zero-order valence-electron chi connectivity index (χ0n) is 7.85. The Bertz CT molecular complexity index is 245. The van der Waals surface area contributed by atoms with Gasteiger partial charge in [-0.2, -0.15) is 5.11 Å². The van der Waals surface area contributed by atoms with Crippen molar-refractivity contribution in [3.05, 3.63) is 18.5 Å². The van der Waals surface area contributed by atoms with Crippen LogP contribution >= 0.6 is 0 Å². The summed E-state index contributed by atoms with van der Waals surface area (Å²) in [7, 11) is 0. The fraction of sp³-hybridized carbons (Fsp3) is 0.556. The molecule has 1 aromatic rings. The van der Waals surface area contributed by atoms with E-state index in [-0.39, 0.29) is 0 Å². The predicted octanol–water partition coefficient (Wildman–Crippen LogP) is 2.75. The Morgan fingerprint density at radius 2 is 2.00 bits per heavy atom. The first-order valence-electron chi connectivity index (χ1n) is 4.58. The highest BCUT2D eigenvalue weighted by Gasteiger charge is 1.87. The SMILES string of the molecule is CCCCCN=Nc1ncccn1. The molecule has 0 aliphatic carbocycles. The molecule has 0 fully saturated rings. The van der Waals surface area contributed by atoms with Crippen molar-refractivity contribution in [1.29, 1.82) is 0 Å². The minimum absolute atomic E-state index is 0.444. The van der Waals surface area contributed by atoms with E-state index in [0.717, 1.165) is 13.0 Å². The molecule has 1 aromatic heterocycles. The van der Waals surface area contributed by atoms with Gasteiger partial charge in [-0.15, -0.1) is 5.11 Å². The van der Waals surface area contributed by atoms with Crippen LogP contribution in [-0.4, -0.2) is 16.5 Å². The van der Waals surface area contributed by atoms with Crippen molar-refractivity contribution in [2.24, 2.45) is 10.2 Å². The topological polar surface area (TPSA) is 50.5 Å². The number of unbranched alkanes of at least 4 members (excludes halogenated alkanes) is 2. The first kappa shape index (κ1) is 9.77. The van der Waals surface area contributed by atoms with Crippen LogP contribution in [0.1, 0.15) is 26.2 Å². The van der Waals surface area contributed by atoms with Crippen LogP contribution in [0.3, 0.4) is 0 Å². The largest absolute Gasteiger partial charge is 0.268 e. The van der Waals surface area contributed by atoms with Crippen LogP contribution in [0.15, 0.2) is 28.7 Å². The summed E-state index contributed by atoms with van der Waals surface area (Å²) in [6.45, 7) is 2.93. The van der Waals surface area contributed by atoms with E-state index >= 15 is 0 Å². The second-order valence-corrected chi connectivity index (χ2v) is 2.72. The lowest BCUT2D eigenvalue weighted by Crippen LogP contribution is -1.80. The van der Waals surface area contributed by atoms with Crippen LogP contribution in [-0.2, 0) is 0 Å². The quantitative estimate of drug-likeness (QED) is 0.514. The van der Waals surface area contributed by atoms with Crippen LogP contribution in [0.25, 0.3) is 0 Å². The van der Waals surface area contributed by atoms with Crippen molar-refractivity contribution in [3.8, 4) is 0 Å². The maximum Gasteiger partial charge on any atom is 0.268 e. The van der Waals surface area contributed by atoms with E-state index in [1.54, 1.807) is 18.5 Å². The molecular formula is C9H14N4. The van der Waals surface area contributed by atoms with Gasteiger partial charge in [-0.3, -0.25) is 0 Å². The van der Waals surface area contributed by atoms with Gasteiger partial charge < -0.3 is 0 Å². The Morgan fingerprint density at radius 3 is 2.69 bits per heavy atom. The first-order chi connectivity index (χ1) is 6.43. The van der Waals surface area contributed by atoms with E-state index in [0.29, 0.717) is 5.95 Å². The van der Waals surface area contributed by atoms with Crippen LogP contribution in [0.2, 0.25) is 0 Å². The second-order valence-electron chi connectivity index (χ2n) is 2.72. The summed E-state index contributed by atoms with van der Waals surface area (Å²) in [6, 6.07) is 1.76. The molecule has 0 spiro atoms. The van der Waals surface area contributed by atoms with E-state index in [4.69, 9.17) is 0 Å². The molecule has 13 heavy (non-hydrogen) atoms. The summed E-state index contributed by atoms with van der Waals surface area (Å²) in [6.07, 6.45) is 6.82. The number of hydrogen-bond donors (Lipinski definition) is 0. The Labute approximate surface area is 78.1 Å². The predicted molar refractivity (Wildman–Crippen MR) is 50.9 cm³/mol. The number of aromatic nitrogens is 2. The van der Waals surface area contributed by atoms with Gasteiger partial charge in [0.15, 0.2) is 0 Å². The molecule has 0 saturated heterocycles. The standard InChI is InChI=1S/C9H14N4/c1-2-3-4-8-12-13-9-10-6-5-7-11-9/h5-7H,2-4,8H2,1H3. The van der Waals surface area contributed by atoms with Gasteiger partial charge in [0, 0.05) is 12.4 Å². The summed E-state index contributed by atoms with van der Waals surface area (Å²) in [5.74, 6) is 0.444. The third-order valence-electron chi connectivity index (χ3n) is 1.57. The summed E-state index contributed by atoms with van der Waals surface area (Å²) in [5.41, 5.74) is 0. The molecule has 0 radical (unpaired) electrons. The van der Waals surface area contributed by atoms with Crippen molar-refractivity contribution in [3.63, 3.8) is 0 Å². The van der Waals surface area contributed by atoms with Crippen LogP contribution in [0.5, 0.6) is 0 Å². The lowest BCUT2D eigenvalue weighted by molar-refractivity contribution is 0.711. The lowest BCUT2D eigenvalue weighted by atomic mass is 10.3. The van der Waals surface area contributed by atoms with Gasteiger partial charge in [0.2, 0.25) is 0 Å². The van der Waals surface area contributed by atoms with Gasteiger partial charge >= 0.3 is 0 Å². The zero-order valence-corrected chi connectivity index (χ0v) is 7.85. The fourth-order valence-corrected chi connectivity index (χ4v) is 0.889. The molecule has 4 nitrogen and oxygen atoms in total. The Balaban J connectivity index is 2.25. The minimum atomic E-state index is 0.444. The maximum absolute atomic E-state index is 3.98. The molecule has 4 heteroatoms. The van der Waals surface area contributed by atoms with Crippen LogP contribution < -0.4 is 0 Å². The number of azo groups is 1. The van der Waals surface area contributed by atoms with Gasteiger partial charge in [0.05, 0.1) is 6.54 Å². The molecule has 1 heterocycles. The summed E-state index contributed by atoms with van der Waals surface area (Å²) >= 11 is 0. The Morgan fingerprint density at radius 1 is 1.23 bits per heavy atom. The van der Waals surface area contributed by atoms with Crippen LogP contribution in [0.4, 0.5) is 5.95 Å². The maximum atomic E-state index is 3.98. The molecule has 0 amide bonds. The van der Waals surface area contributed by atoms with Crippen molar-refractivity contribution >= 4 is 5.95 Å². The molecule has 0 saturated carbocycles. The molecule has 70 valence electrons. The number of nitrogens with zero attached hydrogens (tertiary/aromatic N) is 4. The van der Waals surface area contributed by atoms with E-state index in [1.165, 1.54) is 12.8 Å². The molecular weight excluding hydrogens is 164 g/mol. The first-order valence-corrected chi connectivity index (χ1v) is 4.58. The highest BCUT2D eigenvalue weighted by molar-refractivity contribution is 5.09. The van der Waals surface area contributed by atoms with Crippen molar-refractivity contribution < 1.29 is 0 Å². The van der Waals surface area contributed by atoms with Crippen molar-refractivity contribution in [2.75, 3.05) is 6.54 Å². The normalized spacial score (nSPS) is 10.8. The van der Waals surface area contributed by atoms with Gasteiger partial charge in [-0.05, 0) is 12.5 Å². The molecule has 0 aliphatic rings. The molecule has 0 N–H and O–H groups in total. The molecule has 0 bridgehead atoms. The smallest absolute Gasteiger partial charge is 0.218 e. The van der Waals surface area contributed by atoms with E-state index in [1.807, 2.05) is 0 Å². The van der Waals surface area contributed by atoms with Crippen molar-refractivity contribution in [2.45, 2.75) is 26.2 Å². The Kier molecular flexibility index (Phi) is 4.68. The monoisotopic (exact) mass is 178 g/mol. The Hall–Kier alpha value is -1.32. The molecule has 0 atom stereocenters. The van der Waals surface area contributed by atoms with E-state index in [2.05, 4.69) is 27.1 Å². The van der Waals surface area contributed by atoms with Crippen LogP contribution in [0, 0.1) is 0 Å². The van der Waals surface area contributed by atoms with Gasteiger partial charge in [-0.25, -0.2) is 9.97 Å². The van der Waals surface area contributed by atoms with E-state index in [9.17, 15) is 0 Å². The summed E-state index contributed by atoms with van der Waals surface area (Å²) in [4.78, 5) is 7.85. The lowest BCUT2D eigenvalue weighted by Gasteiger charge is -1.90. The van der Waals surface area contributed by atoms with Gasteiger partial charge in [0.25, 0.3) is 5.95 Å². The zero-order chi connectivity index (χ0) is 9.36. The average molecular weight is 178 g/mol. The summed E-state index contributed by atoms with van der Waals surface area (Å²) in [5, 5.41) is 7.86. The number of rotatable bonds is 5. The van der Waals surface area contributed by atoms with Gasteiger partial charge in [-0.1, -0.05) is 19.8 Å². The average Bonchev–Trinajstić information content (AvgIpc) is 2.19. The van der Waals surface area contributed by atoms with Gasteiger partial charge in [0.1, 0.15) is 0 Å². The van der Waals surface area contributed by atoms with E-state index < -0.39 is 0 Å². The highest BCUT2D eigenvalue weighted by Crippen LogP contribution is 2.01. The molecule has 0 aliphatic heterocycles. The minimum Gasteiger partial charge on any atom is -0.218 e. The van der Waals surface area contributed by atoms with Crippen molar-refractivity contribution in [1.82, 2.24) is 9.97 Å². The molecule has 1 rings (SSSR count). The molecule has 0 aromatic carbocycles. The third kappa shape index (κ3) is 4.30. The second kappa shape index (κ2) is 6.22. The third-order valence-corrected chi connectivity index (χ3v) is 1.57.